The summed E-state index contributed by atoms with van der Waals surface area (Å²) in [5, 5.41) is 5.74. The maximum Gasteiger partial charge on any atom is 0.325 e. The third kappa shape index (κ3) is 3.14. The highest BCUT2D eigenvalue weighted by atomic mass is 35.5. The summed E-state index contributed by atoms with van der Waals surface area (Å²) in [5.41, 5.74) is 0.752. The van der Waals surface area contributed by atoms with Gasteiger partial charge in [0.2, 0.25) is 5.91 Å². The van der Waals surface area contributed by atoms with E-state index < -0.39 is 11.9 Å². The van der Waals surface area contributed by atoms with E-state index in [4.69, 9.17) is 0 Å². The average Bonchev–Trinajstić information content (AvgIpc) is 3.25. The molecule has 3 fully saturated rings. The molecule has 0 unspecified atom stereocenters. The molecule has 3 heterocycles. The molecular weight excluding hydrogens is 363 g/mol. The average molecular weight is 383 g/mol. The molecule has 140 valence electrons. The monoisotopic (exact) mass is 382 g/mol. The zero-order chi connectivity index (χ0) is 17.6. The minimum absolute atomic E-state index is 0. The maximum absolute atomic E-state index is 13.7. The lowest BCUT2D eigenvalue weighted by atomic mass is 9.89. The van der Waals surface area contributed by atoms with Crippen molar-refractivity contribution in [1.82, 2.24) is 20.4 Å². The number of fused-ring (bicyclic) bond motifs is 1. The summed E-state index contributed by atoms with van der Waals surface area (Å²) in [6, 6.07) is 5.51. The topological polar surface area (TPSA) is 81.8 Å². The first-order chi connectivity index (χ1) is 12.0. The number of amides is 4. The van der Waals surface area contributed by atoms with Crippen LogP contribution in [0.1, 0.15) is 11.6 Å². The molecule has 0 bridgehead atoms. The molecule has 1 aromatic rings. The third-order valence-corrected chi connectivity index (χ3v) is 5.31. The zero-order valence-electron chi connectivity index (χ0n) is 14.0. The number of carbonyl (C=O) groups excluding carboxylic acids is 3. The number of likely N-dealkylation sites (tertiary alicyclic amines) is 1. The summed E-state index contributed by atoms with van der Waals surface area (Å²) < 4.78 is 13.7. The summed E-state index contributed by atoms with van der Waals surface area (Å²) in [7, 11) is 0. The van der Waals surface area contributed by atoms with Gasteiger partial charge in [-0.05, 0) is 23.6 Å². The Morgan fingerprint density at radius 3 is 2.77 bits per heavy atom. The van der Waals surface area contributed by atoms with Crippen LogP contribution >= 0.6 is 12.4 Å². The van der Waals surface area contributed by atoms with E-state index in [0.29, 0.717) is 12.5 Å². The molecule has 9 heteroatoms. The number of imide groups is 1. The fraction of sp³-hybridized carbons (Fsp3) is 0.471. The van der Waals surface area contributed by atoms with E-state index in [1.165, 1.54) is 12.1 Å². The first-order valence-corrected chi connectivity index (χ1v) is 8.38. The SMILES string of the molecule is Cl.O=C1CNC(=O)N1CC(=O)N1C[C@@H]2CNC[C@@H]2[C@@H]1c1cccc(F)c1. The van der Waals surface area contributed by atoms with Gasteiger partial charge in [0.1, 0.15) is 12.4 Å². The van der Waals surface area contributed by atoms with Crippen LogP contribution in [0.4, 0.5) is 9.18 Å². The Morgan fingerprint density at radius 1 is 1.27 bits per heavy atom. The summed E-state index contributed by atoms with van der Waals surface area (Å²) in [5.74, 6) is -0.529. The summed E-state index contributed by atoms with van der Waals surface area (Å²) in [6.07, 6.45) is 0. The van der Waals surface area contributed by atoms with Gasteiger partial charge in [0.05, 0.1) is 12.6 Å². The molecule has 4 amide bonds. The van der Waals surface area contributed by atoms with Crippen LogP contribution in [0.2, 0.25) is 0 Å². The number of urea groups is 1. The highest BCUT2D eigenvalue weighted by Gasteiger charge is 2.47. The zero-order valence-corrected chi connectivity index (χ0v) is 14.8. The minimum Gasteiger partial charge on any atom is -0.333 e. The van der Waals surface area contributed by atoms with E-state index in [2.05, 4.69) is 10.6 Å². The van der Waals surface area contributed by atoms with Crippen LogP contribution in [0.5, 0.6) is 0 Å². The van der Waals surface area contributed by atoms with E-state index in [9.17, 15) is 18.8 Å². The second kappa shape index (κ2) is 7.20. The van der Waals surface area contributed by atoms with E-state index in [0.717, 1.165) is 23.6 Å². The Morgan fingerprint density at radius 2 is 2.08 bits per heavy atom. The van der Waals surface area contributed by atoms with Crippen LogP contribution in [0, 0.1) is 17.7 Å². The lowest BCUT2D eigenvalue weighted by Gasteiger charge is -2.29. The molecule has 0 radical (unpaired) electrons. The second-order valence-electron chi connectivity index (χ2n) is 6.77. The van der Waals surface area contributed by atoms with E-state index in [1.807, 2.05) is 6.07 Å². The van der Waals surface area contributed by atoms with E-state index in [1.54, 1.807) is 11.0 Å². The van der Waals surface area contributed by atoms with Crippen molar-refractivity contribution in [3.05, 3.63) is 35.6 Å². The quantitative estimate of drug-likeness (QED) is 0.747. The van der Waals surface area contributed by atoms with Gasteiger partial charge in [-0.3, -0.25) is 14.5 Å². The van der Waals surface area contributed by atoms with Crippen LogP contribution in [0.15, 0.2) is 24.3 Å². The summed E-state index contributed by atoms with van der Waals surface area (Å²) >= 11 is 0. The third-order valence-electron chi connectivity index (χ3n) is 5.31. The molecule has 7 nitrogen and oxygen atoms in total. The molecule has 3 atom stereocenters. The second-order valence-corrected chi connectivity index (χ2v) is 6.77. The van der Waals surface area contributed by atoms with E-state index in [-0.39, 0.29) is 49.2 Å². The molecule has 3 aliphatic heterocycles. The van der Waals surface area contributed by atoms with Gasteiger partial charge < -0.3 is 15.5 Å². The van der Waals surface area contributed by atoms with Gasteiger partial charge in [-0.25, -0.2) is 9.18 Å². The number of carbonyl (C=O) groups is 3. The Kier molecular flexibility index (Phi) is 5.15. The van der Waals surface area contributed by atoms with Gasteiger partial charge in [0.15, 0.2) is 0 Å². The highest BCUT2D eigenvalue weighted by molar-refractivity contribution is 6.04. The largest absolute Gasteiger partial charge is 0.333 e. The van der Waals surface area contributed by atoms with Gasteiger partial charge in [-0.2, -0.15) is 0 Å². The molecule has 3 saturated heterocycles. The van der Waals surface area contributed by atoms with Crippen LogP contribution < -0.4 is 10.6 Å². The summed E-state index contributed by atoms with van der Waals surface area (Å²) in [4.78, 5) is 38.9. The van der Waals surface area contributed by atoms with Gasteiger partial charge in [-0.15, -0.1) is 12.4 Å². The van der Waals surface area contributed by atoms with Gasteiger partial charge in [0.25, 0.3) is 5.91 Å². The van der Waals surface area contributed by atoms with Crippen molar-refractivity contribution >= 4 is 30.3 Å². The van der Waals surface area contributed by atoms with Crippen molar-refractivity contribution in [3.63, 3.8) is 0 Å². The predicted molar refractivity (Wildman–Crippen MR) is 93.1 cm³/mol. The van der Waals surface area contributed by atoms with Crippen molar-refractivity contribution in [3.8, 4) is 0 Å². The predicted octanol–water partition coefficient (Wildman–Crippen LogP) is 0.518. The minimum atomic E-state index is -0.540. The van der Waals surface area contributed by atoms with Crippen LogP contribution in [0.25, 0.3) is 0 Å². The lowest BCUT2D eigenvalue weighted by Crippen LogP contribution is -2.44. The molecule has 1 aromatic carbocycles. The van der Waals surface area contributed by atoms with E-state index >= 15 is 0 Å². The molecule has 2 N–H and O–H groups in total. The van der Waals surface area contributed by atoms with Crippen molar-refractivity contribution in [2.75, 3.05) is 32.7 Å². The first-order valence-electron chi connectivity index (χ1n) is 8.38. The van der Waals surface area contributed by atoms with Crippen LogP contribution in [-0.2, 0) is 9.59 Å². The van der Waals surface area contributed by atoms with Crippen LogP contribution in [-0.4, -0.2) is 60.4 Å². The molecule has 4 rings (SSSR count). The molecule has 0 aliphatic carbocycles. The Balaban J connectivity index is 0.00000196. The first kappa shape index (κ1) is 18.6. The van der Waals surface area contributed by atoms with Gasteiger partial charge >= 0.3 is 6.03 Å². The number of benzene rings is 1. The Hall–Kier alpha value is -2.19. The molecule has 26 heavy (non-hydrogen) atoms. The standard InChI is InChI=1S/C17H19FN4O3.ClH/c18-12-3-1-2-10(4-12)16-13-6-19-5-11(13)8-21(16)15(24)9-22-14(23)7-20-17(22)25;/h1-4,11,13,16,19H,5-9H2,(H,20,25);1H/t11-,13-,16-;/m0./s1. The van der Waals surface area contributed by atoms with Crippen molar-refractivity contribution in [2.45, 2.75) is 6.04 Å². The Bertz CT molecular complexity index is 730. The van der Waals surface area contributed by atoms with Crippen LogP contribution in [0.3, 0.4) is 0 Å². The number of nitrogens with one attached hydrogen (secondary N) is 2. The number of rotatable bonds is 3. The normalized spacial score (nSPS) is 27.3. The maximum atomic E-state index is 13.7. The number of hydrogen-bond acceptors (Lipinski definition) is 4. The van der Waals surface area contributed by atoms with Crippen molar-refractivity contribution in [2.24, 2.45) is 11.8 Å². The molecule has 0 saturated carbocycles. The lowest BCUT2D eigenvalue weighted by molar-refractivity contribution is -0.137. The molecule has 3 aliphatic rings. The molecule has 0 spiro atoms. The van der Waals surface area contributed by atoms with Gasteiger partial charge in [-0.1, -0.05) is 12.1 Å². The van der Waals surface area contributed by atoms with Gasteiger partial charge in [0, 0.05) is 25.6 Å². The molecular formula is C17H20ClFN4O3. The van der Waals surface area contributed by atoms with Crippen molar-refractivity contribution < 1.29 is 18.8 Å². The summed E-state index contributed by atoms with van der Waals surface area (Å²) in [6.45, 7) is 1.77. The Labute approximate surface area is 156 Å². The highest BCUT2D eigenvalue weighted by Crippen LogP contribution is 2.42. The number of halogens is 2. The number of nitrogens with zero attached hydrogens (tertiary/aromatic N) is 2. The van der Waals surface area contributed by atoms with Crippen molar-refractivity contribution in [1.29, 1.82) is 0 Å². The molecule has 0 aromatic heterocycles. The smallest absolute Gasteiger partial charge is 0.325 e. The number of hydrogen-bond donors (Lipinski definition) is 2. The fourth-order valence-electron chi connectivity index (χ4n) is 4.14. The fourth-order valence-corrected chi connectivity index (χ4v) is 4.14.